The minimum atomic E-state index is -0.945. The molecule has 0 spiro atoms. The molecule has 2 aromatic rings. The number of aryl methyl sites for hydroxylation is 1. The van der Waals surface area contributed by atoms with Gasteiger partial charge in [0.15, 0.2) is 6.33 Å². The molecule has 0 amide bonds. The molecule has 0 aliphatic heterocycles. The molecule has 1 aromatic carbocycles. The number of carboxylic acid groups (broad SMARTS) is 1. The second kappa shape index (κ2) is 5.31. The molecule has 18 heavy (non-hydrogen) atoms. The van der Waals surface area contributed by atoms with Gasteiger partial charge in [-0.25, -0.2) is 4.79 Å². The Hall–Kier alpha value is -2.37. The molecule has 0 fully saturated rings. The van der Waals surface area contributed by atoms with E-state index in [2.05, 4.69) is 15.5 Å². The maximum Gasteiger partial charge on any atom is 0.337 e. The number of carbonyl (C=O) groups is 1. The predicted molar refractivity (Wildman–Crippen MR) is 64.6 cm³/mol. The molecule has 94 valence electrons. The molecule has 0 saturated heterocycles. The van der Waals surface area contributed by atoms with E-state index in [1.807, 2.05) is 13.0 Å². The molecule has 6 heteroatoms. The highest BCUT2D eigenvalue weighted by Crippen LogP contribution is 2.17. The SMILES string of the molecule is Cc1ccc(NCCc2ncno2)c(C(=O)O)c1. The first-order valence-corrected chi connectivity index (χ1v) is 5.50. The predicted octanol–water partition coefficient (Wildman–Crippen LogP) is 1.73. The lowest BCUT2D eigenvalue weighted by Gasteiger charge is -2.09. The van der Waals surface area contributed by atoms with Gasteiger partial charge < -0.3 is 14.9 Å². The monoisotopic (exact) mass is 247 g/mol. The lowest BCUT2D eigenvalue weighted by atomic mass is 10.1. The molecule has 2 N–H and O–H groups in total. The normalized spacial score (nSPS) is 10.3. The summed E-state index contributed by atoms with van der Waals surface area (Å²) in [5.41, 5.74) is 1.77. The number of hydrogen-bond donors (Lipinski definition) is 2. The van der Waals surface area contributed by atoms with Gasteiger partial charge in [0.05, 0.1) is 5.56 Å². The summed E-state index contributed by atoms with van der Waals surface area (Å²) in [4.78, 5) is 15.0. The van der Waals surface area contributed by atoms with Crippen molar-refractivity contribution >= 4 is 11.7 Å². The highest BCUT2D eigenvalue weighted by Gasteiger charge is 2.10. The Labute approximate surface area is 104 Å². The fourth-order valence-corrected chi connectivity index (χ4v) is 1.60. The first kappa shape index (κ1) is 12.1. The van der Waals surface area contributed by atoms with E-state index in [9.17, 15) is 4.79 Å². The van der Waals surface area contributed by atoms with E-state index in [0.717, 1.165) is 5.56 Å². The zero-order valence-electron chi connectivity index (χ0n) is 9.88. The van der Waals surface area contributed by atoms with Crippen LogP contribution in [0.3, 0.4) is 0 Å². The first-order chi connectivity index (χ1) is 8.66. The van der Waals surface area contributed by atoms with E-state index in [0.29, 0.717) is 24.5 Å². The van der Waals surface area contributed by atoms with Gasteiger partial charge in [-0.3, -0.25) is 0 Å². The van der Waals surface area contributed by atoms with Crippen molar-refractivity contribution in [3.05, 3.63) is 41.5 Å². The van der Waals surface area contributed by atoms with Crippen LogP contribution in [-0.2, 0) is 6.42 Å². The number of hydrogen-bond acceptors (Lipinski definition) is 5. The molecule has 1 aromatic heterocycles. The molecule has 0 unspecified atom stereocenters. The van der Waals surface area contributed by atoms with Crippen LogP contribution in [0.15, 0.2) is 29.0 Å². The third-order valence-corrected chi connectivity index (χ3v) is 2.47. The molecule has 0 aliphatic rings. The Bertz CT molecular complexity index is 538. The van der Waals surface area contributed by atoms with Crippen molar-refractivity contribution in [2.24, 2.45) is 0 Å². The fourth-order valence-electron chi connectivity index (χ4n) is 1.60. The maximum absolute atomic E-state index is 11.1. The highest BCUT2D eigenvalue weighted by molar-refractivity contribution is 5.94. The van der Waals surface area contributed by atoms with Crippen LogP contribution in [0.5, 0.6) is 0 Å². The van der Waals surface area contributed by atoms with Gasteiger partial charge >= 0.3 is 5.97 Å². The Balaban J connectivity index is 2.02. The van der Waals surface area contributed by atoms with E-state index in [1.54, 1.807) is 12.1 Å². The largest absolute Gasteiger partial charge is 0.478 e. The molecule has 2 rings (SSSR count). The summed E-state index contributed by atoms with van der Waals surface area (Å²) in [6.07, 6.45) is 1.89. The van der Waals surface area contributed by atoms with Gasteiger partial charge in [-0.1, -0.05) is 16.8 Å². The summed E-state index contributed by atoms with van der Waals surface area (Å²) >= 11 is 0. The van der Waals surface area contributed by atoms with E-state index in [-0.39, 0.29) is 5.56 Å². The van der Waals surface area contributed by atoms with Gasteiger partial charge in [0.2, 0.25) is 5.89 Å². The van der Waals surface area contributed by atoms with Crippen molar-refractivity contribution in [1.82, 2.24) is 10.1 Å². The average molecular weight is 247 g/mol. The minimum Gasteiger partial charge on any atom is -0.478 e. The second-order valence-electron chi connectivity index (χ2n) is 3.87. The zero-order valence-corrected chi connectivity index (χ0v) is 9.88. The van der Waals surface area contributed by atoms with Crippen LogP contribution in [0.4, 0.5) is 5.69 Å². The van der Waals surface area contributed by atoms with E-state index in [4.69, 9.17) is 9.63 Å². The molecule has 0 aliphatic carbocycles. The van der Waals surface area contributed by atoms with Gasteiger partial charge in [-0.15, -0.1) is 0 Å². The number of anilines is 1. The average Bonchev–Trinajstić information content (AvgIpc) is 2.84. The van der Waals surface area contributed by atoms with Gasteiger partial charge in [0.1, 0.15) is 0 Å². The van der Waals surface area contributed by atoms with Crippen molar-refractivity contribution in [3.63, 3.8) is 0 Å². The smallest absolute Gasteiger partial charge is 0.337 e. The molecule has 0 bridgehead atoms. The molecule has 6 nitrogen and oxygen atoms in total. The topological polar surface area (TPSA) is 88.3 Å². The van der Waals surface area contributed by atoms with Crippen molar-refractivity contribution in [2.45, 2.75) is 13.3 Å². The number of rotatable bonds is 5. The van der Waals surface area contributed by atoms with Gasteiger partial charge in [0, 0.05) is 18.7 Å². The summed E-state index contributed by atoms with van der Waals surface area (Å²) in [6.45, 7) is 2.39. The molecule has 1 heterocycles. The summed E-state index contributed by atoms with van der Waals surface area (Å²) < 4.78 is 4.85. The van der Waals surface area contributed by atoms with Crippen LogP contribution < -0.4 is 5.32 Å². The number of nitrogens with one attached hydrogen (secondary N) is 1. The second-order valence-corrected chi connectivity index (χ2v) is 3.87. The van der Waals surface area contributed by atoms with Crippen molar-refractivity contribution in [1.29, 1.82) is 0 Å². The number of aromatic nitrogens is 2. The third kappa shape index (κ3) is 2.85. The molecule has 0 saturated carbocycles. The fraction of sp³-hybridized carbons (Fsp3) is 0.250. The number of carboxylic acids is 1. The van der Waals surface area contributed by atoms with Crippen molar-refractivity contribution in [2.75, 3.05) is 11.9 Å². The summed E-state index contributed by atoms with van der Waals surface area (Å²) in [6, 6.07) is 5.26. The van der Waals surface area contributed by atoms with Crippen LogP contribution in [0.2, 0.25) is 0 Å². The highest BCUT2D eigenvalue weighted by atomic mass is 16.5. The molecular weight excluding hydrogens is 234 g/mol. The minimum absolute atomic E-state index is 0.264. The van der Waals surface area contributed by atoms with Crippen LogP contribution in [0.25, 0.3) is 0 Å². The molecular formula is C12H13N3O3. The number of nitrogens with zero attached hydrogens (tertiary/aromatic N) is 2. The van der Waals surface area contributed by atoms with Gasteiger partial charge in [-0.2, -0.15) is 4.98 Å². The zero-order chi connectivity index (χ0) is 13.0. The summed E-state index contributed by atoms with van der Waals surface area (Å²) in [5, 5.41) is 15.6. The Morgan fingerprint density at radius 3 is 3.00 bits per heavy atom. The van der Waals surface area contributed by atoms with Crippen LogP contribution in [0.1, 0.15) is 21.8 Å². The lowest BCUT2D eigenvalue weighted by molar-refractivity contribution is 0.0698. The Morgan fingerprint density at radius 1 is 1.50 bits per heavy atom. The Kier molecular flexibility index (Phi) is 3.57. The van der Waals surface area contributed by atoms with Crippen LogP contribution in [-0.4, -0.2) is 27.8 Å². The van der Waals surface area contributed by atoms with E-state index in [1.165, 1.54) is 6.33 Å². The van der Waals surface area contributed by atoms with Gasteiger partial charge in [-0.05, 0) is 19.1 Å². The van der Waals surface area contributed by atoms with Crippen LogP contribution >= 0.6 is 0 Å². The Morgan fingerprint density at radius 2 is 2.33 bits per heavy atom. The number of benzene rings is 1. The van der Waals surface area contributed by atoms with Gasteiger partial charge in [0.25, 0.3) is 0 Å². The van der Waals surface area contributed by atoms with E-state index >= 15 is 0 Å². The van der Waals surface area contributed by atoms with Crippen LogP contribution in [0, 0.1) is 6.92 Å². The standard InChI is InChI=1S/C12H13N3O3/c1-8-2-3-10(9(6-8)12(16)17)13-5-4-11-14-7-15-18-11/h2-3,6-7,13H,4-5H2,1H3,(H,16,17). The lowest BCUT2D eigenvalue weighted by Crippen LogP contribution is -2.09. The third-order valence-electron chi connectivity index (χ3n) is 2.47. The quantitative estimate of drug-likeness (QED) is 0.836. The summed E-state index contributed by atoms with van der Waals surface area (Å²) in [7, 11) is 0. The first-order valence-electron chi connectivity index (χ1n) is 5.50. The summed E-state index contributed by atoms with van der Waals surface area (Å²) in [5.74, 6) is -0.425. The van der Waals surface area contributed by atoms with Crippen molar-refractivity contribution < 1.29 is 14.4 Å². The van der Waals surface area contributed by atoms with E-state index < -0.39 is 5.97 Å². The number of aromatic carboxylic acids is 1. The molecule has 0 radical (unpaired) electrons. The maximum atomic E-state index is 11.1. The molecule has 0 atom stereocenters. The van der Waals surface area contributed by atoms with Crippen molar-refractivity contribution in [3.8, 4) is 0 Å².